The Hall–Kier alpha value is -2.34. The first-order chi connectivity index (χ1) is 11.2. The molecule has 2 rings (SSSR count). The number of rotatable bonds is 4. The van der Waals surface area contributed by atoms with Crippen LogP contribution in [0.25, 0.3) is 0 Å². The molecular weight excluding hydrogens is 328 g/mol. The van der Waals surface area contributed by atoms with Crippen molar-refractivity contribution in [3.8, 4) is 0 Å². The third kappa shape index (κ3) is 3.59. The SMILES string of the molecule is CNC(=O)c1cc(Cl)cc(C)c1NC(=O)c1cc(C)nn1C(C)C. The van der Waals surface area contributed by atoms with Gasteiger partial charge in [0.05, 0.1) is 16.9 Å². The number of aromatic nitrogens is 2. The lowest BCUT2D eigenvalue weighted by Crippen LogP contribution is -2.24. The Morgan fingerprint density at radius 2 is 1.83 bits per heavy atom. The van der Waals surface area contributed by atoms with E-state index in [2.05, 4.69) is 15.7 Å². The zero-order valence-corrected chi connectivity index (χ0v) is 15.2. The zero-order valence-electron chi connectivity index (χ0n) is 14.4. The third-order valence-corrected chi connectivity index (χ3v) is 3.81. The quantitative estimate of drug-likeness (QED) is 0.889. The highest BCUT2D eigenvalue weighted by atomic mass is 35.5. The monoisotopic (exact) mass is 348 g/mol. The molecule has 24 heavy (non-hydrogen) atoms. The van der Waals surface area contributed by atoms with Gasteiger partial charge >= 0.3 is 0 Å². The lowest BCUT2D eigenvalue weighted by Gasteiger charge is -2.15. The average Bonchev–Trinajstić information content (AvgIpc) is 2.91. The molecule has 0 aliphatic heterocycles. The summed E-state index contributed by atoms with van der Waals surface area (Å²) < 4.78 is 1.66. The molecule has 1 aromatic heterocycles. The van der Waals surface area contributed by atoms with Gasteiger partial charge in [0.15, 0.2) is 0 Å². The minimum absolute atomic E-state index is 0.0455. The third-order valence-electron chi connectivity index (χ3n) is 3.59. The van der Waals surface area contributed by atoms with Crippen LogP contribution in [-0.4, -0.2) is 28.6 Å². The summed E-state index contributed by atoms with van der Waals surface area (Å²) in [6.07, 6.45) is 0. The van der Waals surface area contributed by atoms with Gasteiger partial charge in [-0.05, 0) is 51.5 Å². The van der Waals surface area contributed by atoms with Crippen molar-refractivity contribution in [2.24, 2.45) is 0 Å². The molecule has 2 aromatic rings. The van der Waals surface area contributed by atoms with Crippen molar-refractivity contribution in [2.75, 3.05) is 12.4 Å². The molecule has 0 saturated carbocycles. The van der Waals surface area contributed by atoms with Gasteiger partial charge in [-0.15, -0.1) is 0 Å². The van der Waals surface area contributed by atoms with Crippen LogP contribution >= 0.6 is 11.6 Å². The number of carbonyl (C=O) groups is 2. The zero-order chi connectivity index (χ0) is 18.0. The van der Waals surface area contributed by atoms with Crippen LogP contribution in [0, 0.1) is 13.8 Å². The van der Waals surface area contributed by atoms with E-state index in [1.165, 1.54) is 13.1 Å². The normalized spacial score (nSPS) is 10.8. The summed E-state index contributed by atoms with van der Waals surface area (Å²) in [6.45, 7) is 7.53. The van der Waals surface area contributed by atoms with Crippen LogP contribution in [0.4, 0.5) is 5.69 Å². The van der Waals surface area contributed by atoms with Crippen LogP contribution < -0.4 is 10.6 Å². The molecule has 6 nitrogen and oxygen atoms in total. The van der Waals surface area contributed by atoms with E-state index >= 15 is 0 Å². The molecule has 0 aliphatic carbocycles. The Bertz CT molecular complexity index is 796. The molecule has 1 heterocycles. The first-order valence-electron chi connectivity index (χ1n) is 7.64. The molecule has 2 amide bonds. The molecule has 0 bridgehead atoms. The molecule has 0 unspecified atom stereocenters. The lowest BCUT2D eigenvalue weighted by molar-refractivity contribution is 0.0964. The highest BCUT2D eigenvalue weighted by molar-refractivity contribution is 6.31. The first-order valence-corrected chi connectivity index (χ1v) is 8.02. The Kier molecular flexibility index (Phi) is 5.29. The van der Waals surface area contributed by atoms with Gasteiger partial charge in [0, 0.05) is 18.1 Å². The summed E-state index contributed by atoms with van der Waals surface area (Å²) in [6, 6.07) is 5.01. The van der Waals surface area contributed by atoms with E-state index in [1.807, 2.05) is 20.8 Å². The minimum Gasteiger partial charge on any atom is -0.355 e. The van der Waals surface area contributed by atoms with Crippen molar-refractivity contribution in [2.45, 2.75) is 33.7 Å². The van der Waals surface area contributed by atoms with Crippen molar-refractivity contribution < 1.29 is 9.59 Å². The van der Waals surface area contributed by atoms with Gasteiger partial charge in [-0.2, -0.15) is 5.10 Å². The Balaban J connectivity index is 2.45. The van der Waals surface area contributed by atoms with Gasteiger partial charge in [-0.25, -0.2) is 0 Å². The second kappa shape index (κ2) is 7.05. The van der Waals surface area contributed by atoms with Crippen LogP contribution in [-0.2, 0) is 0 Å². The molecule has 2 N–H and O–H groups in total. The minimum atomic E-state index is -0.320. The fraction of sp³-hybridized carbons (Fsp3) is 0.353. The van der Waals surface area contributed by atoms with Gasteiger partial charge in [0.1, 0.15) is 5.69 Å². The summed E-state index contributed by atoms with van der Waals surface area (Å²) in [5.74, 6) is -0.635. The van der Waals surface area contributed by atoms with Crippen LogP contribution in [0.15, 0.2) is 18.2 Å². The number of hydrogen-bond acceptors (Lipinski definition) is 3. The van der Waals surface area contributed by atoms with E-state index in [9.17, 15) is 9.59 Å². The van der Waals surface area contributed by atoms with Crippen LogP contribution in [0.5, 0.6) is 0 Å². The molecule has 0 aliphatic rings. The smallest absolute Gasteiger partial charge is 0.273 e. The number of hydrogen-bond donors (Lipinski definition) is 2. The topological polar surface area (TPSA) is 76.0 Å². The second-order valence-corrected chi connectivity index (χ2v) is 6.32. The van der Waals surface area contributed by atoms with E-state index in [0.29, 0.717) is 27.5 Å². The van der Waals surface area contributed by atoms with Gasteiger partial charge in [-0.3, -0.25) is 14.3 Å². The number of halogens is 1. The van der Waals surface area contributed by atoms with Crippen LogP contribution in [0.3, 0.4) is 0 Å². The van der Waals surface area contributed by atoms with Gasteiger partial charge in [0.2, 0.25) is 0 Å². The van der Waals surface area contributed by atoms with E-state index in [1.54, 1.807) is 23.7 Å². The highest BCUT2D eigenvalue weighted by Crippen LogP contribution is 2.26. The number of anilines is 1. The number of nitrogens with one attached hydrogen (secondary N) is 2. The summed E-state index contributed by atoms with van der Waals surface area (Å²) in [4.78, 5) is 24.8. The predicted octanol–water partition coefficient (Wildman–Crippen LogP) is 3.35. The number of carbonyl (C=O) groups excluding carboxylic acids is 2. The number of aryl methyl sites for hydroxylation is 2. The number of amides is 2. The van der Waals surface area contributed by atoms with E-state index in [-0.39, 0.29) is 17.9 Å². The number of nitrogens with zero attached hydrogens (tertiary/aromatic N) is 2. The van der Waals surface area contributed by atoms with Gasteiger partial charge in [0.25, 0.3) is 11.8 Å². The summed E-state index contributed by atoms with van der Waals surface area (Å²) in [5.41, 5.74) is 2.68. The number of benzene rings is 1. The predicted molar refractivity (Wildman–Crippen MR) is 94.9 cm³/mol. The van der Waals surface area contributed by atoms with Crippen molar-refractivity contribution in [3.05, 3.63) is 45.7 Å². The molecule has 0 saturated heterocycles. The molecule has 0 fully saturated rings. The fourth-order valence-corrected chi connectivity index (χ4v) is 2.75. The standard InChI is InChI=1S/C17H21ClN4O2/c1-9(2)22-14(7-11(4)21-22)17(24)20-15-10(3)6-12(18)8-13(15)16(23)19-5/h6-9H,1-5H3,(H,19,23)(H,20,24). The molecule has 1 aromatic carbocycles. The van der Waals surface area contributed by atoms with Crippen LogP contribution in [0.1, 0.15) is 52.0 Å². The maximum absolute atomic E-state index is 12.7. The van der Waals surface area contributed by atoms with Crippen molar-refractivity contribution in [1.29, 1.82) is 0 Å². The van der Waals surface area contributed by atoms with Gasteiger partial charge < -0.3 is 10.6 Å². The Morgan fingerprint density at radius 1 is 1.17 bits per heavy atom. The highest BCUT2D eigenvalue weighted by Gasteiger charge is 2.20. The van der Waals surface area contributed by atoms with Crippen molar-refractivity contribution >= 4 is 29.1 Å². The largest absolute Gasteiger partial charge is 0.355 e. The maximum atomic E-state index is 12.7. The fourth-order valence-electron chi connectivity index (χ4n) is 2.48. The van der Waals surface area contributed by atoms with E-state index in [4.69, 9.17) is 11.6 Å². The Morgan fingerprint density at radius 3 is 2.42 bits per heavy atom. The van der Waals surface area contributed by atoms with E-state index < -0.39 is 0 Å². The van der Waals surface area contributed by atoms with Gasteiger partial charge in [-0.1, -0.05) is 11.6 Å². The summed E-state index contributed by atoms with van der Waals surface area (Å²) in [7, 11) is 1.53. The second-order valence-electron chi connectivity index (χ2n) is 5.89. The molecule has 0 spiro atoms. The molecule has 128 valence electrons. The maximum Gasteiger partial charge on any atom is 0.273 e. The lowest BCUT2D eigenvalue weighted by atomic mass is 10.1. The van der Waals surface area contributed by atoms with Crippen LogP contribution in [0.2, 0.25) is 5.02 Å². The summed E-state index contributed by atoms with van der Waals surface area (Å²) >= 11 is 6.04. The van der Waals surface area contributed by atoms with Crippen molar-refractivity contribution in [1.82, 2.24) is 15.1 Å². The molecule has 7 heteroatoms. The molecule has 0 radical (unpaired) electrons. The Labute approximate surface area is 146 Å². The molecular formula is C17H21ClN4O2. The molecule has 0 atom stereocenters. The first kappa shape index (κ1) is 18.0. The summed E-state index contributed by atoms with van der Waals surface area (Å²) in [5, 5.41) is 10.2. The van der Waals surface area contributed by atoms with E-state index in [0.717, 1.165) is 5.69 Å². The van der Waals surface area contributed by atoms with Crippen molar-refractivity contribution in [3.63, 3.8) is 0 Å². The average molecular weight is 349 g/mol.